The van der Waals surface area contributed by atoms with E-state index in [4.69, 9.17) is 4.42 Å². The lowest BCUT2D eigenvalue weighted by Gasteiger charge is -2.11. The number of amides is 1. The fraction of sp³-hybridized carbons (Fsp3) is 0.111. The van der Waals surface area contributed by atoms with Crippen molar-refractivity contribution in [3.63, 3.8) is 0 Å². The van der Waals surface area contributed by atoms with E-state index in [2.05, 4.69) is 14.8 Å². The molecule has 1 heterocycles. The molecule has 0 unspecified atom stereocenters. The number of fused-ring (bicyclic) bond motifs is 1. The van der Waals surface area contributed by atoms with Gasteiger partial charge in [-0.1, -0.05) is 24.3 Å². The van der Waals surface area contributed by atoms with E-state index in [-0.39, 0.29) is 11.3 Å². The van der Waals surface area contributed by atoms with Gasteiger partial charge in [-0.2, -0.15) is 8.42 Å². The monoisotopic (exact) mass is 387 g/mol. The molecule has 0 bridgehead atoms. The van der Waals surface area contributed by atoms with Crippen molar-refractivity contribution >= 4 is 38.5 Å². The number of hydrogen-bond acceptors (Lipinski definition) is 5. The van der Waals surface area contributed by atoms with Crippen LogP contribution in [0.15, 0.2) is 57.7 Å². The van der Waals surface area contributed by atoms with Gasteiger partial charge in [0.25, 0.3) is 16.1 Å². The highest BCUT2D eigenvalue weighted by atomic mass is 32.2. The average Bonchev–Trinajstić information content (AvgIpc) is 2.61. The molecular formula is C18H17N3O5S. The van der Waals surface area contributed by atoms with Crippen LogP contribution < -0.4 is 20.4 Å². The fourth-order valence-electron chi connectivity index (χ4n) is 2.63. The standard InChI is InChI=1S/C18H17N3O5S/c1-11-14-8-3-4-9-15(14)26-18(23)16(11)17(22)20-12-6-5-7-13(10-12)21-27(24,25)19-2/h3-10,19,21H,1-2H3,(H,20,22). The molecule has 0 aliphatic carbocycles. The second kappa shape index (κ2) is 7.22. The van der Waals surface area contributed by atoms with Crippen LogP contribution in [0.25, 0.3) is 11.0 Å². The van der Waals surface area contributed by atoms with Gasteiger partial charge in [-0.3, -0.25) is 9.52 Å². The first-order valence-electron chi connectivity index (χ1n) is 7.96. The van der Waals surface area contributed by atoms with Crippen molar-refractivity contribution in [1.29, 1.82) is 0 Å². The molecule has 0 saturated heterocycles. The molecule has 1 aromatic heterocycles. The Bertz CT molecular complexity index is 1190. The molecule has 0 radical (unpaired) electrons. The van der Waals surface area contributed by atoms with E-state index in [0.717, 1.165) is 0 Å². The van der Waals surface area contributed by atoms with Crippen molar-refractivity contribution < 1.29 is 17.6 Å². The number of aryl methyl sites for hydroxylation is 1. The maximum atomic E-state index is 12.6. The largest absolute Gasteiger partial charge is 0.422 e. The Morgan fingerprint density at radius 1 is 1.04 bits per heavy atom. The zero-order valence-corrected chi connectivity index (χ0v) is 15.4. The summed E-state index contributed by atoms with van der Waals surface area (Å²) < 4.78 is 32.8. The highest BCUT2D eigenvalue weighted by Gasteiger charge is 2.18. The number of para-hydroxylation sites is 1. The van der Waals surface area contributed by atoms with Crippen LogP contribution in [-0.4, -0.2) is 21.4 Å². The quantitative estimate of drug-likeness (QED) is 0.580. The van der Waals surface area contributed by atoms with E-state index in [0.29, 0.717) is 22.2 Å². The van der Waals surface area contributed by atoms with Crippen LogP contribution in [0.5, 0.6) is 0 Å². The molecule has 0 atom stereocenters. The summed E-state index contributed by atoms with van der Waals surface area (Å²) in [7, 11) is -2.41. The van der Waals surface area contributed by atoms with Crippen LogP contribution in [0.2, 0.25) is 0 Å². The molecule has 9 heteroatoms. The van der Waals surface area contributed by atoms with Gasteiger partial charge < -0.3 is 9.73 Å². The molecule has 2 aromatic carbocycles. The third kappa shape index (κ3) is 3.99. The lowest BCUT2D eigenvalue weighted by Crippen LogP contribution is -2.26. The van der Waals surface area contributed by atoms with Gasteiger partial charge in [0.1, 0.15) is 11.1 Å². The molecule has 8 nitrogen and oxygen atoms in total. The lowest BCUT2D eigenvalue weighted by atomic mass is 10.1. The Kier molecular flexibility index (Phi) is 4.98. The molecule has 0 aliphatic rings. The number of rotatable bonds is 5. The molecule has 0 fully saturated rings. The van der Waals surface area contributed by atoms with Gasteiger partial charge in [0.05, 0.1) is 5.69 Å². The number of hydrogen-bond donors (Lipinski definition) is 3. The molecular weight excluding hydrogens is 370 g/mol. The summed E-state index contributed by atoms with van der Waals surface area (Å²) in [5.41, 5.74) is 0.643. The minimum absolute atomic E-state index is 0.102. The molecule has 0 saturated carbocycles. The molecule has 3 rings (SSSR count). The van der Waals surface area contributed by atoms with E-state index in [9.17, 15) is 18.0 Å². The summed E-state index contributed by atoms with van der Waals surface area (Å²) in [6, 6.07) is 13.0. The Morgan fingerprint density at radius 3 is 2.48 bits per heavy atom. The van der Waals surface area contributed by atoms with E-state index in [1.807, 2.05) is 0 Å². The normalized spacial score (nSPS) is 11.3. The Labute approximate surface area is 155 Å². The summed E-state index contributed by atoms with van der Waals surface area (Å²) >= 11 is 0. The molecule has 27 heavy (non-hydrogen) atoms. The molecule has 3 aromatic rings. The second-order valence-electron chi connectivity index (χ2n) is 5.73. The number of anilines is 2. The Hall–Kier alpha value is -3.17. The number of carbonyl (C=O) groups excluding carboxylic acids is 1. The van der Waals surface area contributed by atoms with Crippen molar-refractivity contribution in [1.82, 2.24) is 4.72 Å². The third-order valence-corrected chi connectivity index (χ3v) is 4.98. The zero-order valence-electron chi connectivity index (χ0n) is 14.6. The van der Waals surface area contributed by atoms with Gasteiger partial charge in [0, 0.05) is 18.1 Å². The summed E-state index contributed by atoms with van der Waals surface area (Å²) in [5, 5.41) is 3.26. The molecule has 1 amide bonds. The van der Waals surface area contributed by atoms with E-state index in [1.54, 1.807) is 43.3 Å². The van der Waals surface area contributed by atoms with Gasteiger partial charge in [-0.25, -0.2) is 9.52 Å². The van der Waals surface area contributed by atoms with Crippen LogP contribution in [-0.2, 0) is 10.2 Å². The molecule has 0 spiro atoms. The first-order chi connectivity index (χ1) is 12.8. The van der Waals surface area contributed by atoms with Gasteiger partial charge in [0.2, 0.25) is 0 Å². The van der Waals surface area contributed by atoms with Crippen molar-refractivity contribution in [2.75, 3.05) is 17.1 Å². The third-order valence-electron chi connectivity index (χ3n) is 3.94. The van der Waals surface area contributed by atoms with Crippen LogP contribution in [0.4, 0.5) is 11.4 Å². The van der Waals surface area contributed by atoms with Gasteiger partial charge >= 0.3 is 5.63 Å². The second-order valence-corrected chi connectivity index (χ2v) is 7.35. The predicted octanol–water partition coefficient (Wildman–Crippen LogP) is 2.23. The van der Waals surface area contributed by atoms with Crippen molar-refractivity contribution in [3.05, 3.63) is 70.1 Å². The number of benzene rings is 2. The van der Waals surface area contributed by atoms with Gasteiger partial charge in [-0.15, -0.1) is 0 Å². The first-order valence-corrected chi connectivity index (χ1v) is 9.44. The average molecular weight is 387 g/mol. The van der Waals surface area contributed by atoms with Crippen LogP contribution in [0.1, 0.15) is 15.9 Å². The maximum absolute atomic E-state index is 12.6. The minimum Gasteiger partial charge on any atom is -0.422 e. The smallest absolute Gasteiger partial charge is 0.349 e. The van der Waals surface area contributed by atoms with E-state index in [1.165, 1.54) is 19.2 Å². The zero-order chi connectivity index (χ0) is 19.6. The summed E-state index contributed by atoms with van der Waals surface area (Å²) in [5.74, 6) is -0.638. The van der Waals surface area contributed by atoms with Crippen molar-refractivity contribution in [3.8, 4) is 0 Å². The lowest BCUT2D eigenvalue weighted by molar-refractivity contribution is 0.102. The van der Waals surface area contributed by atoms with Gasteiger partial charge in [-0.05, 0) is 36.8 Å². The van der Waals surface area contributed by atoms with Gasteiger partial charge in [0.15, 0.2) is 0 Å². The number of nitrogens with one attached hydrogen (secondary N) is 3. The summed E-state index contributed by atoms with van der Waals surface area (Å²) in [4.78, 5) is 24.9. The summed E-state index contributed by atoms with van der Waals surface area (Å²) in [6.07, 6.45) is 0. The Morgan fingerprint density at radius 2 is 1.74 bits per heavy atom. The van der Waals surface area contributed by atoms with Crippen molar-refractivity contribution in [2.24, 2.45) is 0 Å². The highest BCUT2D eigenvalue weighted by molar-refractivity contribution is 7.90. The minimum atomic E-state index is -3.69. The SMILES string of the molecule is CNS(=O)(=O)Nc1cccc(NC(=O)c2c(C)c3ccccc3oc2=O)c1. The first kappa shape index (κ1) is 18.6. The Balaban J connectivity index is 1.93. The maximum Gasteiger partial charge on any atom is 0.349 e. The van der Waals surface area contributed by atoms with Crippen LogP contribution >= 0.6 is 0 Å². The van der Waals surface area contributed by atoms with E-state index < -0.39 is 21.7 Å². The molecule has 140 valence electrons. The van der Waals surface area contributed by atoms with E-state index >= 15 is 0 Å². The highest BCUT2D eigenvalue weighted by Crippen LogP contribution is 2.21. The molecule has 0 aliphatic heterocycles. The van der Waals surface area contributed by atoms with Crippen molar-refractivity contribution in [2.45, 2.75) is 6.92 Å². The summed E-state index contributed by atoms with van der Waals surface area (Å²) in [6.45, 7) is 1.67. The fourth-order valence-corrected chi connectivity index (χ4v) is 3.17. The predicted molar refractivity (Wildman–Crippen MR) is 103 cm³/mol. The number of carbonyl (C=O) groups is 1. The van der Waals surface area contributed by atoms with Crippen LogP contribution in [0.3, 0.4) is 0 Å². The topological polar surface area (TPSA) is 118 Å². The molecule has 3 N–H and O–H groups in total. The van der Waals surface area contributed by atoms with Crippen LogP contribution in [0, 0.1) is 6.92 Å².